The van der Waals surface area contributed by atoms with Gasteiger partial charge in [-0.3, -0.25) is 4.79 Å². The van der Waals surface area contributed by atoms with Crippen LogP contribution >= 0.6 is 0 Å². The van der Waals surface area contributed by atoms with E-state index in [2.05, 4.69) is 10.0 Å². The van der Waals surface area contributed by atoms with Crippen molar-refractivity contribution in [2.45, 2.75) is 45.1 Å². The Morgan fingerprint density at radius 1 is 1.30 bits per heavy atom. The van der Waals surface area contributed by atoms with Gasteiger partial charge >= 0.3 is 0 Å². The topological polar surface area (TPSA) is 75.3 Å². The van der Waals surface area contributed by atoms with Crippen LogP contribution in [-0.4, -0.2) is 26.9 Å². The Hall–Kier alpha value is -1.40. The van der Waals surface area contributed by atoms with Crippen LogP contribution in [0.2, 0.25) is 0 Å². The van der Waals surface area contributed by atoms with Crippen molar-refractivity contribution in [2.75, 3.05) is 6.54 Å². The number of hydrogen-bond donors (Lipinski definition) is 2. The maximum absolute atomic E-state index is 12.3. The minimum atomic E-state index is -3.69. The summed E-state index contributed by atoms with van der Waals surface area (Å²) in [5, 5.41) is 2.67. The quantitative estimate of drug-likeness (QED) is 0.835. The van der Waals surface area contributed by atoms with Gasteiger partial charge in [0.15, 0.2) is 0 Å². The Labute approximate surface area is 120 Å². The predicted octanol–water partition coefficient (Wildman–Crippen LogP) is 1.50. The van der Waals surface area contributed by atoms with Gasteiger partial charge in [-0.15, -0.1) is 0 Å². The van der Waals surface area contributed by atoms with E-state index in [0.29, 0.717) is 12.1 Å². The fourth-order valence-electron chi connectivity index (χ4n) is 1.75. The zero-order chi connectivity index (χ0) is 15.3. The van der Waals surface area contributed by atoms with Gasteiger partial charge in [-0.05, 0) is 44.4 Å². The van der Waals surface area contributed by atoms with Gasteiger partial charge in [-0.1, -0.05) is 19.1 Å². The van der Waals surface area contributed by atoms with Crippen molar-refractivity contribution < 1.29 is 13.2 Å². The lowest BCUT2D eigenvalue weighted by Gasteiger charge is -2.15. The first-order valence-corrected chi connectivity index (χ1v) is 8.13. The Morgan fingerprint density at radius 2 is 1.95 bits per heavy atom. The monoisotopic (exact) mass is 298 g/mol. The minimum absolute atomic E-state index is 0.215. The maximum Gasteiger partial charge on any atom is 0.241 e. The van der Waals surface area contributed by atoms with Crippen molar-refractivity contribution in [3.63, 3.8) is 0 Å². The molecule has 1 aromatic rings. The van der Waals surface area contributed by atoms with E-state index in [9.17, 15) is 13.2 Å². The number of aryl methyl sites for hydroxylation is 2. The van der Waals surface area contributed by atoms with Gasteiger partial charge in [0.2, 0.25) is 15.9 Å². The Kier molecular flexibility index (Phi) is 5.71. The van der Waals surface area contributed by atoms with Gasteiger partial charge in [0, 0.05) is 6.54 Å². The molecule has 1 amide bonds. The first-order valence-electron chi connectivity index (χ1n) is 6.65. The average Bonchev–Trinajstić information content (AvgIpc) is 2.38. The van der Waals surface area contributed by atoms with Crippen molar-refractivity contribution in [1.82, 2.24) is 10.0 Å². The Balaban J connectivity index is 2.89. The van der Waals surface area contributed by atoms with Crippen molar-refractivity contribution >= 4 is 15.9 Å². The molecule has 0 aliphatic carbocycles. The van der Waals surface area contributed by atoms with Crippen LogP contribution in [-0.2, 0) is 14.8 Å². The predicted molar refractivity (Wildman–Crippen MR) is 79.0 cm³/mol. The normalized spacial score (nSPS) is 13.0. The lowest BCUT2D eigenvalue weighted by molar-refractivity contribution is -0.122. The molecule has 0 aliphatic heterocycles. The van der Waals surface area contributed by atoms with Crippen molar-refractivity contribution in [2.24, 2.45) is 0 Å². The largest absolute Gasteiger partial charge is 0.355 e. The van der Waals surface area contributed by atoms with Crippen LogP contribution in [0.4, 0.5) is 0 Å². The summed E-state index contributed by atoms with van der Waals surface area (Å²) in [4.78, 5) is 11.9. The van der Waals surface area contributed by atoms with Crippen molar-refractivity contribution in [3.05, 3.63) is 29.3 Å². The molecule has 0 fully saturated rings. The van der Waals surface area contributed by atoms with E-state index in [1.54, 1.807) is 19.1 Å². The van der Waals surface area contributed by atoms with Crippen molar-refractivity contribution in [3.8, 4) is 0 Å². The van der Waals surface area contributed by atoms with Gasteiger partial charge in [-0.2, -0.15) is 4.72 Å². The Bertz CT molecular complexity index is 582. The highest BCUT2D eigenvalue weighted by atomic mass is 32.2. The minimum Gasteiger partial charge on any atom is -0.355 e. The second kappa shape index (κ2) is 6.85. The molecule has 1 atom stereocenters. The summed E-state index contributed by atoms with van der Waals surface area (Å²) in [7, 11) is -3.69. The van der Waals surface area contributed by atoms with E-state index < -0.39 is 16.1 Å². The third-order valence-corrected chi connectivity index (χ3v) is 4.59. The lowest BCUT2D eigenvalue weighted by atomic mass is 10.2. The molecule has 1 rings (SSSR count). The van der Waals surface area contributed by atoms with Crippen LogP contribution in [0.1, 0.15) is 31.4 Å². The fourth-order valence-corrected chi connectivity index (χ4v) is 3.28. The molecule has 2 N–H and O–H groups in total. The standard InChI is InChI=1S/C14H22N2O3S/c1-5-8-15-14(17)12(4)16-20(18,19)13-9-10(2)6-7-11(13)3/h6-7,9,12,16H,5,8H2,1-4H3,(H,15,17). The first kappa shape index (κ1) is 16.7. The van der Waals surface area contributed by atoms with E-state index in [0.717, 1.165) is 12.0 Å². The third kappa shape index (κ3) is 4.31. The maximum atomic E-state index is 12.3. The number of benzene rings is 1. The summed E-state index contributed by atoms with van der Waals surface area (Å²) in [6.45, 7) is 7.57. The van der Waals surface area contributed by atoms with E-state index in [-0.39, 0.29) is 10.8 Å². The van der Waals surface area contributed by atoms with Gasteiger partial charge in [0.05, 0.1) is 10.9 Å². The van der Waals surface area contributed by atoms with Crippen LogP contribution in [0.5, 0.6) is 0 Å². The second-order valence-corrected chi connectivity index (χ2v) is 6.59. The van der Waals surface area contributed by atoms with Gasteiger partial charge in [0.25, 0.3) is 0 Å². The summed E-state index contributed by atoms with van der Waals surface area (Å²) >= 11 is 0. The van der Waals surface area contributed by atoms with Gasteiger partial charge in [0.1, 0.15) is 0 Å². The number of rotatable bonds is 6. The van der Waals surface area contributed by atoms with Crippen molar-refractivity contribution in [1.29, 1.82) is 0 Å². The highest BCUT2D eigenvalue weighted by Crippen LogP contribution is 2.16. The lowest BCUT2D eigenvalue weighted by Crippen LogP contribution is -2.45. The molecular weight excluding hydrogens is 276 g/mol. The number of carbonyl (C=O) groups excluding carboxylic acids is 1. The molecule has 1 aromatic carbocycles. The van der Waals surface area contributed by atoms with Crippen LogP contribution in [0.15, 0.2) is 23.1 Å². The molecule has 0 aliphatic rings. The molecule has 1 unspecified atom stereocenters. The van der Waals surface area contributed by atoms with Crippen LogP contribution < -0.4 is 10.0 Å². The van der Waals surface area contributed by atoms with E-state index in [4.69, 9.17) is 0 Å². The first-order chi connectivity index (χ1) is 9.27. The number of amides is 1. The summed E-state index contributed by atoms with van der Waals surface area (Å²) in [6.07, 6.45) is 0.808. The van der Waals surface area contributed by atoms with Crippen LogP contribution in [0.3, 0.4) is 0 Å². The van der Waals surface area contributed by atoms with E-state index in [1.807, 2.05) is 19.9 Å². The molecule has 0 bridgehead atoms. The summed E-state index contributed by atoms with van der Waals surface area (Å²) in [5.74, 6) is -0.319. The zero-order valence-electron chi connectivity index (χ0n) is 12.4. The molecule has 0 saturated heterocycles. The molecular formula is C14H22N2O3S. The zero-order valence-corrected chi connectivity index (χ0v) is 13.2. The summed E-state index contributed by atoms with van der Waals surface area (Å²) in [5.41, 5.74) is 1.52. The molecule has 0 heterocycles. The van der Waals surface area contributed by atoms with Crippen LogP contribution in [0.25, 0.3) is 0 Å². The number of nitrogens with one attached hydrogen (secondary N) is 2. The fraction of sp³-hybridized carbons (Fsp3) is 0.500. The smallest absolute Gasteiger partial charge is 0.241 e. The highest BCUT2D eigenvalue weighted by Gasteiger charge is 2.23. The molecule has 0 spiro atoms. The average molecular weight is 298 g/mol. The van der Waals surface area contributed by atoms with Crippen LogP contribution in [0, 0.1) is 13.8 Å². The SMILES string of the molecule is CCCNC(=O)C(C)NS(=O)(=O)c1cc(C)ccc1C. The molecule has 5 nitrogen and oxygen atoms in total. The molecule has 0 radical (unpaired) electrons. The Morgan fingerprint density at radius 3 is 2.55 bits per heavy atom. The summed E-state index contributed by atoms with van der Waals surface area (Å²) in [6, 6.07) is 4.41. The molecule has 112 valence electrons. The van der Waals surface area contributed by atoms with E-state index >= 15 is 0 Å². The van der Waals surface area contributed by atoms with Gasteiger partial charge < -0.3 is 5.32 Å². The highest BCUT2D eigenvalue weighted by molar-refractivity contribution is 7.89. The van der Waals surface area contributed by atoms with E-state index in [1.165, 1.54) is 6.92 Å². The molecule has 6 heteroatoms. The molecule has 20 heavy (non-hydrogen) atoms. The number of hydrogen-bond acceptors (Lipinski definition) is 3. The summed E-state index contributed by atoms with van der Waals surface area (Å²) < 4.78 is 27.0. The second-order valence-electron chi connectivity index (χ2n) is 4.90. The number of carbonyl (C=O) groups is 1. The van der Waals surface area contributed by atoms with Gasteiger partial charge in [-0.25, -0.2) is 8.42 Å². The third-order valence-electron chi connectivity index (χ3n) is 2.91. The molecule has 0 aromatic heterocycles. The molecule has 0 saturated carbocycles. The number of sulfonamides is 1.